The molecule has 1 aliphatic rings. The number of rotatable bonds is 6. The number of nitrogens with one attached hydrogen (secondary N) is 1. The van der Waals surface area contributed by atoms with Crippen LogP contribution in [0.3, 0.4) is 0 Å². The van der Waals surface area contributed by atoms with E-state index in [1.165, 1.54) is 28.8 Å². The second-order valence-corrected chi connectivity index (χ2v) is 9.38. The van der Waals surface area contributed by atoms with E-state index in [9.17, 15) is 13.6 Å². The van der Waals surface area contributed by atoms with Crippen LogP contribution in [0.4, 0.5) is 20.3 Å². The first-order valence-electron chi connectivity index (χ1n) is 11.5. The van der Waals surface area contributed by atoms with Gasteiger partial charge in [-0.25, -0.2) is 18.3 Å². The molecule has 35 heavy (non-hydrogen) atoms. The van der Waals surface area contributed by atoms with Gasteiger partial charge < -0.3 is 10.2 Å². The molecule has 2 aromatic heterocycles. The topological polar surface area (TPSA) is 60.0 Å². The molecule has 5 rings (SSSR count). The average Bonchev–Trinajstić information content (AvgIpc) is 3.41. The Balaban J connectivity index is 1.69. The molecule has 0 aliphatic carbocycles. The summed E-state index contributed by atoms with van der Waals surface area (Å²) in [7, 11) is 3.73. The SMILES string of the molecule is CN1CCCC1Cn1c(=O)n(C)c(=S)c2c(Nc3ccc(F)cc3)n(Cc3ccc(F)cc3)nc21. The van der Waals surface area contributed by atoms with E-state index in [1.54, 1.807) is 40.6 Å². The third-order valence-electron chi connectivity index (χ3n) is 6.64. The van der Waals surface area contributed by atoms with Crippen LogP contribution in [0.25, 0.3) is 11.0 Å². The highest BCUT2D eigenvalue weighted by Gasteiger charge is 2.25. The van der Waals surface area contributed by atoms with Crippen LogP contribution in [-0.4, -0.2) is 43.4 Å². The molecule has 1 saturated heterocycles. The highest BCUT2D eigenvalue weighted by Crippen LogP contribution is 2.29. The molecule has 0 radical (unpaired) electrons. The van der Waals surface area contributed by atoms with Crippen molar-refractivity contribution < 1.29 is 8.78 Å². The standard InChI is InChI=1S/C25H26F2N6OS/c1-30-13-3-4-20(30)15-32-23-21(24(35)31(2)25(32)34)22(28-19-11-9-18(27)10-12-19)33(29-23)14-16-5-7-17(26)8-6-16/h5-12,20,28H,3-4,13-15H2,1-2H3. The summed E-state index contributed by atoms with van der Waals surface area (Å²) in [6.07, 6.45) is 2.08. The van der Waals surface area contributed by atoms with Crippen molar-refractivity contribution in [3.05, 3.63) is 80.9 Å². The molecule has 1 fully saturated rings. The molecule has 10 heteroatoms. The van der Waals surface area contributed by atoms with Crippen molar-refractivity contribution in [1.82, 2.24) is 23.8 Å². The Morgan fingerprint density at radius 1 is 1.06 bits per heavy atom. The molecule has 1 unspecified atom stereocenters. The van der Waals surface area contributed by atoms with Crippen LogP contribution in [0.15, 0.2) is 53.3 Å². The van der Waals surface area contributed by atoms with Gasteiger partial charge in [-0.15, -0.1) is 0 Å². The van der Waals surface area contributed by atoms with Crippen molar-refractivity contribution in [2.45, 2.75) is 32.0 Å². The highest BCUT2D eigenvalue weighted by molar-refractivity contribution is 7.71. The Bertz CT molecular complexity index is 1490. The minimum atomic E-state index is -0.342. The molecule has 7 nitrogen and oxygen atoms in total. The lowest BCUT2D eigenvalue weighted by Gasteiger charge is -2.21. The van der Waals surface area contributed by atoms with Crippen LogP contribution in [0, 0.1) is 16.3 Å². The van der Waals surface area contributed by atoms with Crippen molar-refractivity contribution in [1.29, 1.82) is 0 Å². The van der Waals surface area contributed by atoms with E-state index in [-0.39, 0.29) is 23.4 Å². The maximum absolute atomic E-state index is 13.5. The van der Waals surface area contributed by atoms with Gasteiger partial charge in [0.15, 0.2) is 5.65 Å². The fourth-order valence-corrected chi connectivity index (χ4v) is 4.89. The third kappa shape index (κ3) is 4.51. The van der Waals surface area contributed by atoms with Crippen LogP contribution >= 0.6 is 12.2 Å². The largest absolute Gasteiger partial charge is 0.340 e. The van der Waals surface area contributed by atoms with Crippen molar-refractivity contribution in [2.75, 3.05) is 18.9 Å². The number of nitrogens with zero attached hydrogens (tertiary/aromatic N) is 5. The summed E-state index contributed by atoms with van der Waals surface area (Å²) in [6.45, 7) is 1.82. The zero-order valence-electron chi connectivity index (χ0n) is 19.5. The number of likely N-dealkylation sites (tertiary alicyclic amines) is 1. The first-order chi connectivity index (χ1) is 16.8. The maximum atomic E-state index is 13.5. The van der Waals surface area contributed by atoms with Crippen LogP contribution < -0.4 is 11.0 Å². The Morgan fingerprint density at radius 3 is 2.34 bits per heavy atom. The van der Waals surface area contributed by atoms with Gasteiger partial charge >= 0.3 is 5.69 Å². The predicted molar refractivity (Wildman–Crippen MR) is 135 cm³/mol. The second kappa shape index (κ2) is 9.35. The van der Waals surface area contributed by atoms with Gasteiger partial charge in [0.05, 0.1) is 11.9 Å². The molecule has 0 saturated carbocycles. The molecule has 0 amide bonds. The smallest absolute Gasteiger partial charge is 0.330 e. The van der Waals surface area contributed by atoms with Gasteiger partial charge in [0.1, 0.15) is 22.1 Å². The lowest BCUT2D eigenvalue weighted by molar-refractivity contribution is 0.280. The predicted octanol–water partition coefficient (Wildman–Crippen LogP) is 4.43. The molecule has 0 spiro atoms. The molecular weight excluding hydrogens is 470 g/mol. The summed E-state index contributed by atoms with van der Waals surface area (Å²) >= 11 is 5.70. The number of benzene rings is 2. The van der Waals surface area contributed by atoms with Crippen LogP contribution in [0.1, 0.15) is 18.4 Å². The number of halogens is 2. The molecule has 182 valence electrons. The fourth-order valence-electron chi connectivity index (χ4n) is 4.62. The van der Waals surface area contributed by atoms with Gasteiger partial charge in [-0.2, -0.15) is 5.10 Å². The number of hydrogen-bond acceptors (Lipinski definition) is 5. The molecule has 1 atom stereocenters. The normalized spacial score (nSPS) is 16.3. The summed E-state index contributed by atoms with van der Waals surface area (Å²) in [4.78, 5) is 15.6. The molecule has 1 N–H and O–H groups in total. The molecule has 2 aromatic carbocycles. The van der Waals surface area contributed by atoms with Crippen molar-refractivity contribution in [2.24, 2.45) is 7.05 Å². The first-order valence-corrected chi connectivity index (χ1v) is 11.9. The van der Waals surface area contributed by atoms with E-state index >= 15 is 0 Å². The number of fused-ring (bicyclic) bond motifs is 1. The Kier molecular flexibility index (Phi) is 6.24. The van der Waals surface area contributed by atoms with E-state index in [4.69, 9.17) is 17.3 Å². The summed E-state index contributed by atoms with van der Waals surface area (Å²) in [5, 5.41) is 8.78. The minimum absolute atomic E-state index is 0.220. The van der Waals surface area contributed by atoms with Crippen molar-refractivity contribution in [3.8, 4) is 0 Å². The van der Waals surface area contributed by atoms with E-state index in [0.29, 0.717) is 40.3 Å². The molecule has 3 heterocycles. The fraction of sp³-hybridized carbons (Fsp3) is 0.320. The van der Waals surface area contributed by atoms with Gasteiger partial charge in [0.25, 0.3) is 0 Å². The number of likely N-dealkylation sites (N-methyl/N-ethyl adjacent to an activating group) is 1. The van der Waals surface area contributed by atoms with Gasteiger partial charge in [0.2, 0.25) is 0 Å². The first kappa shape index (κ1) is 23.4. The molecule has 0 bridgehead atoms. The zero-order valence-corrected chi connectivity index (χ0v) is 20.4. The number of aromatic nitrogens is 4. The van der Waals surface area contributed by atoms with Crippen molar-refractivity contribution in [3.63, 3.8) is 0 Å². The van der Waals surface area contributed by atoms with Gasteiger partial charge in [-0.1, -0.05) is 24.4 Å². The summed E-state index contributed by atoms with van der Waals surface area (Å²) in [5.74, 6) is -0.0754. The lowest BCUT2D eigenvalue weighted by Crippen LogP contribution is -2.37. The highest BCUT2D eigenvalue weighted by atomic mass is 32.1. The van der Waals surface area contributed by atoms with E-state index < -0.39 is 0 Å². The summed E-state index contributed by atoms with van der Waals surface area (Å²) in [5.41, 5.74) is 1.76. The summed E-state index contributed by atoms with van der Waals surface area (Å²) in [6, 6.07) is 12.4. The zero-order chi connectivity index (χ0) is 24.7. The number of hydrogen-bond donors (Lipinski definition) is 1. The molecule has 1 aliphatic heterocycles. The van der Waals surface area contributed by atoms with E-state index in [2.05, 4.69) is 17.3 Å². The van der Waals surface area contributed by atoms with Gasteiger partial charge in [0, 0.05) is 25.3 Å². The average molecular weight is 497 g/mol. The molecule has 4 aromatic rings. The third-order valence-corrected chi connectivity index (χ3v) is 7.12. The minimum Gasteiger partial charge on any atom is -0.340 e. The lowest BCUT2D eigenvalue weighted by atomic mass is 10.2. The Hall–Kier alpha value is -3.37. The second-order valence-electron chi connectivity index (χ2n) is 9.00. The van der Waals surface area contributed by atoms with E-state index in [1.807, 2.05) is 0 Å². The van der Waals surface area contributed by atoms with Crippen LogP contribution in [0.2, 0.25) is 0 Å². The van der Waals surface area contributed by atoms with Gasteiger partial charge in [-0.3, -0.25) is 9.13 Å². The summed E-state index contributed by atoms with van der Waals surface area (Å²) < 4.78 is 32.2. The van der Waals surface area contributed by atoms with Crippen molar-refractivity contribution >= 4 is 34.8 Å². The maximum Gasteiger partial charge on any atom is 0.330 e. The van der Waals surface area contributed by atoms with Gasteiger partial charge in [-0.05, 0) is 68.4 Å². The monoisotopic (exact) mass is 496 g/mol. The van der Waals surface area contributed by atoms with E-state index in [0.717, 1.165) is 24.9 Å². The Labute approximate surface area is 206 Å². The quantitative estimate of drug-likeness (QED) is 0.400. The van der Waals surface area contributed by atoms with Crippen LogP contribution in [0.5, 0.6) is 0 Å². The Morgan fingerprint density at radius 2 is 1.71 bits per heavy atom. The number of anilines is 2. The molecular formula is C25H26F2N6OS. The van der Waals surface area contributed by atoms with Crippen LogP contribution in [-0.2, 0) is 20.1 Å².